The van der Waals surface area contributed by atoms with E-state index in [-0.39, 0.29) is 23.8 Å². The van der Waals surface area contributed by atoms with Gasteiger partial charge in [0.2, 0.25) is 5.91 Å². The topological polar surface area (TPSA) is 74.3 Å². The summed E-state index contributed by atoms with van der Waals surface area (Å²) in [6, 6.07) is 10.3. The third-order valence-corrected chi connectivity index (χ3v) is 6.30. The molecule has 30 heavy (non-hydrogen) atoms. The van der Waals surface area contributed by atoms with Gasteiger partial charge in [-0.05, 0) is 67.5 Å². The Morgan fingerprint density at radius 1 is 1.10 bits per heavy atom. The van der Waals surface area contributed by atoms with Crippen LogP contribution in [0.3, 0.4) is 0 Å². The normalized spacial score (nSPS) is 19.1. The number of hydrogen-bond acceptors (Lipinski definition) is 4. The number of anilines is 1. The predicted octanol–water partition coefficient (Wildman–Crippen LogP) is 3.04. The van der Waals surface area contributed by atoms with Crippen LogP contribution in [0.1, 0.15) is 60.0 Å². The SMILES string of the molecule is CC(=O)NCC1CCCc2ccc(C(=O)NC3CCN(c4ccncc4)CC3)cc21. The highest BCUT2D eigenvalue weighted by atomic mass is 16.2. The molecule has 158 valence electrons. The number of aromatic nitrogens is 1. The summed E-state index contributed by atoms with van der Waals surface area (Å²) in [6.45, 7) is 4.05. The lowest BCUT2D eigenvalue weighted by molar-refractivity contribution is -0.119. The van der Waals surface area contributed by atoms with Crippen molar-refractivity contribution >= 4 is 17.5 Å². The molecule has 2 heterocycles. The highest BCUT2D eigenvalue weighted by Crippen LogP contribution is 2.32. The number of aryl methyl sites for hydroxylation is 1. The summed E-state index contributed by atoms with van der Waals surface area (Å²) in [7, 11) is 0. The number of nitrogens with one attached hydrogen (secondary N) is 2. The first-order valence-corrected chi connectivity index (χ1v) is 10.9. The largest absolute Gasteiger partial charge is 0.371 e. The second-order valence-corrected chi connectivity index (χ2v) is 8.38. The molecule has 1 aliphatic carbocycles. The molecule has 1 aromatic heterocycles. The minimum Gasteiger partial charge on any atom is -0.371 e. The first kappa shape index (κ1) is 20.4. The van der Waals surface area contributed by atoms with Crippen molar-refractivity contribution in [3.8, 4) is 0 Å². The average molecular weight is 407 g/mol. The minimum absolute atomic E-state index is 0.00371. The molecule has 1 saturated heterocycles. The minimum atomic E-state index is -0.00544. The van der Waals surface area contributed by atoms with Gasteiger partial charge in [0.1, 0.15) is 0 Å². The zero-order valence-corrected chi connectivity index (χ0v) is 17.6. The van der Waals surface area contributed by atoms with Crippen molar-refractivity contribution in [3.05, 3.63) is 59.4 Å². The van der Waals surface area contributed by atoms with Crippen molar-refractivity contribution in [1.29, 1.82) is 0 Å². The molecule has 0 spiro atoms. The van der Waals surface area contributed by atoms with Crippen LogP contribution >= 0.6 is 0 Å². The summed E-state index contributed by atoms with van der Waals surface area (Å²) in [6.07, 6.45) is 8.72. The summed E-state index contributed by atoms with van der Waals surface area (Å²) in [4.78, 5) is 30.7. The van der Waals surface area contributed by atoms with Crippen LogP contribution in [0, 0.1) is 0 Å². The third-order valence-electron chi connectivity index (χ3n) is 6.30. The van der Waals surface area contributed by atoms with Gasteiger partial charge in [0, 0.05) is 62.2 Å². The smallest absolute Gasteiger partial charge is 0.251 e. The quantitative estimate of drug-likeness (QED) is 0.800. The van der Waals surface area contributed by atoms with E-state index in [9.17, 15) is 9.59 Å². The Kier molecular flexibility index (Phi) is 6.31. The van der Waals surface area contributed by atoms with E-state index in [4.69, 9.17) is 0 Å². The molecular formula is C24H30N4O2. The van der Waals surface area contributed by atoms with E-state index in [2.05, 4.69) is 26.6 Å². The van der Waals surface area contributed by atoms with Crippen LogP contribution in [-0.4, -0.2) is 42.5 Å². The maximum Gasteiger partial charge on any atom is 0.251 e. The van der Waals surface area contributed by atoms with Gasteiger partial charge in [0.05, 0.1) is 0 Å². The highest BCUT2D eigenvalue weighted by molar-refractivity contribution is 5.94. The highest BCUT2D eigenvalue weighted by Gasteiger charge is 2.24. The van der Waals surface area contributed by atoms with Gasteiger partial charge in [-0.3, -0.25) is 14.6 Å². The summed E-state index contributed by atoms with van der Waals surface area (Å²) in [5, 5.41) is 6.17. The van der Waals surface area contributed by atoms with Gasteiger partial charge >= 0.3 is 0 Å². The summed E-state index contributed by atoms with van der Waals surface area (Å²) in [5.41, 5.74) is 4.43. The van der Waals surface area contributed by atoms with Gasteiger partial charge in [-0.25, -0.2) is 0 Å². The molecule has 1 unspecified atom stereocenters. The molecule has 0 saturated carbocycles. The van der Waals surface area contributed by atoms with Crippen LogP contribution in [0.5, 0.6) is 0 Å². The Labute approximate surface area is 178 Å². The van der Waals surface area contributed by atoms with E-state index in [1.165, 1.54) is 16.8 Å². The fraction of sp³-hybridized carbons (Fsp3) is 0.458. The molecule has 0 radical (unpaired) electrons. The number of piperidine rings is 1. The average Bonchev–Trinajstić information content (AvgIpc) is 2.78. The lowest BCUT2D eigenvalue weighted by atomic mass is 9.82. The molecule has 2 aromatic rings. The number of fused-ring (bicyclic) bond motifs is 1. The number of nitrogens with zero attached hydrogens (tertiary/aromatic N) is 2. The number of amides is 2. The zero-order chi connectivity index (χ0) is 20.9. The Morgan fingerprint density at radius 2 is 1.87 bits per heavy atom. The van der Waals surface area contributed by atoms with Crippen molar-refractivity contribution in [3.63, 3.8) is 0 Å². The van der Waals surface area contributed by atoms with Gasteiger partial charge in [-0.1, -0.05) is 6.07 Å². The van der Waals surface area contributed by atoms with Gasteiger partial charge in [0.15, 0.2) is 0 Å². The van der Waals surface area contributed by atoms with Crippen molar-refractivity contribution in [2.75, 3.05) is 24.5 Å². The Balaban J connectivity index is 1.37. The molecule has 6 nitrogen and oxygen atoms in total. The number of rotatable bonds is 5. The van der Waals surface area contributed by atoms with Gasteiger partial charge in [0.25, 0.3) is 5.91 Å². The first-order chi connectivity index (χ1) is 14.6. The van der Waals surface area contributed by atoms with E-state index in [1.807, 2.05) is 36.7 Å². The van der Waals surface area contributed by atoms with Crippen molar-refractivity contribution in [2.24, 2.45) is 0 Å². The van der Waals surface area contributed by atoms with E-state index in [0.29, 0.717) is 6.54 Å². The van der Waals surface area contributed by atoms with Crippen LogP contribution < -0.4 is 15.5 Å². The standard InChI is InChI=1S/C24H30N4O2/c1-17(29)26-16-20-4-2-3-18-5-6-19(15-23(18)20)24(30)27-21-9-13-28(14-10-21)22-7-11-25-12-8-22/h5-8,11-12,15,20-21H,2-4,9-10,13-14,16H2,1H3,(H,26,29)(H,27,30). The zero-order valence-electron chi connectivity index (χ0n) is 17.6. The molecule has 2 amide bonds. The summed E-state index contributed by atoms with van der Waals surface area (Å²) in [5.74, 6) is 0.284. The van der Waals surface area contributed by atoms with Crippen LogP contribution in [0.2, 0.25) is 0 Å². The number of benzene rings is 1. The second kappa shape index (κ2) is 9.28. The lowest BCUT2D eigenvalue weighted by Crippen LogP contribution is -2.44. The molecular weight excluding hydrogens is 376 g/mol. The summed E-state index contributed by atoms with van der Waals surface area (Å²) >= 11 is 0. The van der Waals surface area contributed by atoms with Gasteiger partial charge in [-0.15, -0.1) is 0 Å². The number of carbonyl (C=O) groups excluding carboxylic acids is 2. The Bertz CT molecular complexity index is 891. The fourth-order valence-electron chi connectivity index (χ4n) is 4.62. The van der Waals surface area contributed by atoms with E-state index in [1.54, 1.807) is 6.92 Å². The fourth-order valence-corrected chi connectivity index (χ4v) is 4.62. The van der Waals surface area contributed by atoms with Crippen molar-refractivity contribution < 1.29 is 9.59 Å². The van der Waals surface area contributed by atoms with Crippen LogP contribution in [-0.2, 0) is 11.2 Å². The number of hydrogen-bond donors (Lipinski definition) is 2. The maximum absolute atomic E-state index is 12.9. The van der Waals surface area contributed by atoms with Crippen molar-refractivity contribution in [2.45, 2.75) is 51.0 Å². The molecule has 6 heteroatoms. The Hall–Kier alpha value is -2.89. The molecule has 2 N–H and O–H groups in total. The van der Waals surface area contributed by atoms with Crippen molar-refractivity contribution in [1.82, 2.24) is 15.6 Å². The molecule has 2 aliphatic rings. The number of carbonyl (C=O) groups is 2. The molecule has 1 fully saturated rings. The maximum atomic E-state index is 12.9. The predicted molar refractivity (Wildman–Crippen MR) is 118 cm³/mol. The van der Waals surface area contributed by atoms with E-state index in [0.717, 1.165) is 50.8 Å². The molecule has 1 aromatic carbocycles. The Morgan fingerprint density at radius 3 is 2.60 bits per heavy atom. The second-order valence-electron chi connectivity index (χ2n) is 8.38. The van der Waals surface area contributed by atoms with Gasteiger partial charge < -0.3 is 15.5 Å². The number of pyridine rings is 1. The molecule has 0 bridgehead atoms. The van der Waals surface area contributed by atoms with Gasteiger partial charge in [-0.2, -0.15) is 0 Å². The first-order valence-electron chi connectivity index (χ1n) is 10.9. The van der Waals surface area contributed by atoms with E-state index >= 15 is 0 Å². The summed E-state index contributed by atoms with van der Waals surface area (Å²) < 4.78 is 0. The third kappa shape index (κ3) is 4.81. The molecule has 1 aliphatic heterocycles. The van der Waals surface area contributed by atoms with Crippen LogP contribution in [0.25, 0.3) is 0 Å². The molecule has 4 rings (SSSR count). The monoisotopic (exact) mass is 406 g/mol. The molecule has 1 atom stereocenters. The van der Waals surface area contributed by atoms with E-state index < -0.39 is 0 Å². The van der Waals surface area contributed by atoms with Crippen LogP contribution in [0.4, 0.5) is 5.69 Å². The van der Waals surface area contributed by atoms with Crippen LogP contribution in [0.15, 0.2) is 42.7 Å². The lowest BCUT2D eigenvalue weighted by Gasteiger charge is -2.34.